The van der Waals surface area contributed by atoms with Gasteiger partial charge < -0.3 is 5.73 Å². The zero-order valence-electron chi connectivity index (χ0n) is 9.63. The van der Waals surface area contributed by atoms with E-state index < -0.39 is 5.67 Å². The Morgan fingerprint density at radius 3 is 2.62 bits per heavy atom. The minimum Gasteiger partial charge on any atom is -0.328 e. The van der Waals surface area contributed by atoms with Crippen LogP contribution >= 0.6 is 11.6 Å². The van der Waals surface area contributed by atoms with E-state index in [0.29, 0.717) is 5.02 Å². The van der Waals surface area contributed by atoms with Gasteiger partial charge in [0.25, 0.3) is 0 Å². The molecule has 16 heavy (non-hydrogen) atoms. The van der Waals surface area contributed by atoms with Gasteiger partial charge in [-0.3, -0.25) is 4.68 Å². The van der Waals surface area contributed by atoms with E-state index in [1.807, 2.05) is 6.92 Å². The maximum atomic E-state index is 14.5. The summed E-state index contributed by atoms with van der Waals surface area (Å²) in [5.74, 6) is 0.101. The van der Waals surface area contributed by atoms with Crippen molar-refractivity contribution in [1.82, 2.24) is 9.78 Å². The quantitative estimate of drug-likeness (QED) is 0.882. The fourth-order valence-electron chi connectivity index (χ4n) is 2.13. The number of nitrogens with two attached hydrogens (primary N) is 1. The van der Waals surface area contributed by atoms with Gasteiger partial charge in [-0.15, -0.1) is 0 Å². The van der Waals surface area contributed by atoms with Crippen LogP contribution in [0.1, 0.15) is 24.2 Å². The highest BCUT2D eigenvalue weighted by Gasteiger charge is 2.45. The summed E-state index contributed by atoms with van der Waals surface area (Å²) in [6, 6.07) is 0. The van der Waals surface area contributed by atoms with Crippen molar-refractivity contribution in [3.05, 3.63) is 16.4 Å². The van der Waals surface area contributed by atoms with E-state index in [-0.39, 0.29) is 18.9 Å². The Morgan fingerprint density at radius 2 is 2.25 bits per heavy atom. The second-order valence-corrected chi connectivity index (χ2v) is 5.04. The number of nitrogens with zero attached hydrogens (tertiary/aromatic N) is 2. The molecule has 2 rings (SSSR count). The number of alkyl halides is 1. The van der Waals surface area contributed by atoms with Crippen molar-refractivity contribution in [1.29, 1.82) is 0 Å². The van der Waals surface area contributed by atoms with Crippen LogP contribution < -0.4 is 5.73 Å². The highest BCUT2D eigenvalue weighted by atomic mass is 35.5. The normalized spacial score (nSPS) is 19.8. The van der Waals surface area contributed by atoms with Crippen LogP contribution in [0, 0.1) is 12.8 Å². The van der Waals surface area contributed by atoms with Crippen LogP contribution in [-0.2, 0) is 13.5 Å². The summed E-state index contributed by atoms with van der Waals surface area (Å²) in [6.45, 7) is 1.88. The summed E-state index contributed by atoms with van der Waals surface area (Å²) in [5.41, 5.74) is 5.73. The second-order valence-electron chi connectivity index (χ2n) is 4.66. The SMILES string of the molecule is Cc1nn(C)c(CC(F)(CN)C2CC2)c1Cl. The van der Waals surface area contributed by atoms with Crippen molar-refractivity contribution in [2.45, 2.75) is 31.9 Å². The molecule has 1 saturated carbocycles. The van der Waals surface area contributed by atoms with Crippen molar-refractivity contribution in [2.75, 3.05) is 6.54 Å². The Kier molecular flexibility index (Phi) is 2.97. The maximum absolute atomic E-state index is 14.5. The predicted molar refractivity (Wildman–Crippen MR) is 62.3 cm³/mol. The number of halogens is 2. The number of aromatic nitrogens is 2. The summed E-state index contributed by atoms with van der Waals surface area (Å²) in [4.78, 5) is 0. The lowest BCUT2D eigenvalue weighted by Gasteiger charge is -2.23. The van der Waals surface area contributed by atoms with Crippen molar-refractivity contribution in [3.63, 3.8) is 0 Å². The molecule has 3 nitrogen and oxygen atoms in total. The van der Waals surface area contributed by atoms with Crippen LogP contribution in [0.25, 0.3) is 0 Å². The zero-order valence-corrected chi connectivity index (χ0v) is 10.4. The van der Waals surface area contributed by atoms with E-state index in [1.54, 1.807) is 11.7 Å². The Labute approximate surface area is 99.8 Å². The first kappa shape index (κ1) is 11.9. The monoisotopic (exact) mass is 245 g/mol. The highest BCUT2D eigenvalue weighted by Crippen LogP contribution is 2.44. The van der Waals surface area contributed by atoms with E-state index in [4.69, 9.17) is 17.3 Å². The smallest absolute Gasteiger partial charge is 0.131 e. The van der Waals surface area contributed by atoms with Crippen LogP contribution in [0.3, 0.4) is 0 Å². The Morgan fingerprint density at radius 1 is 1.62 bits per heavy atom. The number of rotatable bonds is 4. The minimum absolute atomic E-state index is 0.0538. The van der Waals surface area contributed by atoms with Gasteiger partial charge in [-0.2, -0.15) is 5.10 Å². The van der Waals surface area contributed by atoms with Crippen molar-refractivity contribution >= 4 is 11.6 Å². The van der Waals surface area contributed by atoms with Gasteiger partial charge in [-0.1, -0.05) is 11.6 Å². The summed E-state index contributed by atoms with van der Waals surface area (Å²) in [6.07, 6.45) is 2.13. The Hall–Kier alpha value is -0.610. The van der Waals surface area contributed by atoms with Crippen molar-refractivity contribution in [2.24, 2.45) is 18.7 Å². The van der Waals surface area contributed by atoms with Crippen LogP contribution in [0.15, 0.2) is 0 Å². The van der Waals surface area contributed by atoms with Gasteiger partial charge >= 0.3 is 0 Å². The standard InChI is InChI=1S/C11H17ClFN3/c1-7-10(12)9(16(2)15-7)5-11(13,6-14)8-3-4-8/h8H,3-6,14H2,1-2H3. The third kappa shape index (κ3) is 1.96. The lowest BCUT2D eigenvalue weighted by molar-refractivity contribution is 0.140. The van der Waals surface area contributed by atoms with Crippen LogP contribution in [0.4, 0.5) is 4.39 Å². The average molecular weight is 246 g/mol. The van der Waals surface area contributed by atoms with Gasteiger partial charge in [0.2, 0.25) is 0 Å². The fourth-order valence-corrected chi connectivity index (χ4v) is 2.36. The first-order chi connectivity index (χ1) is 7.48. The molecule has 5 heteroatoms. The molecule has 0 radical (unpaired) electrons. The Bertz CT molecular complexity index is 400. The molecular formula is C11H17ClFN3. The molecule has 2 N–H and O–H groups in total. The molecule has 1 fully saturated rings. The first-order valence-electron chi connectivity index (χ1n) is 5.55. The van der Waals surface area contributed by atoms with E-state index >= 15 is 0 Å². The van der Waals surface area contributed by atoms with Gasteiger partial charge in [0.1, 0.15) is 5.67 Å². The molecule has 1 heterocycles. The Balaban J connectivity index is 2.25. The molecule has 1 atom stereocenters. The predicted octanol–water partition coefficient (Wildman–Crippen LogP) is 2.00. The van der Waals surface area contributed by atoms with Crippen LogP contribution in [-0.4, -0.2) is 22.0 Å². The van der Waals surface area contributed by atoms with Crippen molar-refractivity contribution < 1.29 is 4.39 Å². The summed E-state index contributed by atoms with van der Waals surface area (Å²) in [5, 5.41) is 4.75. The molecule has 1 aromatic heterocycles. The summed E-state index contributed by atoms with van der Waals surface area (Å²) in [7, 11) is 1.79. The van der Waals surface area contributed by atoms with E-state index in [1.165, 1.54) is 0 Å². The molecule has 1 aromatic rings. The molecule has 0 bridgehead atoms. The second kappa shape index (κ2) is 4.00. The molecule has 0 aromatic carbocycles. The van der Waals surface area contributed by atoms with Gasteiger partial charge in [0, 0.05) is 20.0 Å². The molecule has 0 amide bonds. The third-order valence-corrected chi connectivity index (χ3v) is 3.86. The number of hydrogen-bond donors (Lipinski definition) is 1. The van der Waals surface area contributed by atoms with E-state index in [2.05, 4.69) is 5.10 Å². The molecule has 0 spiro atoms. The molecule has 1 aliphatic carbocycles. The molecule has 0 saturated heterocycles. The molecule has 1 unspecified atom stereocenters. The molecule has 0 aliphatic heterocycles. The minimum atomic E-state index is -1.32. The van der Waals surface area contributed by atoms with Crippen LogP contribution in [0.5, 0.6) is 0 Å². The van der Waals surface area contributed by atoms with Gasteiger partial charge in [-0.25, -0.2) is 4.39 Å². The van der Waals surface area contributed by atoms with Gasteiger partial charge in [0.05, 0.1) is 16.4 Å². The summed E-state index contributed by atoms with van der Waals surface area (Å²) >= 11 is 6.11. The number of hydrogen-bond acceptors (Lipinski definition) is 2. The lowest BCUT2D eigenvalue weighted by atomic mass is 9.94. The first-order valence-corrected chi connectivity index (χ1v) is 5.92. The molecular weight excluding hydrogens is 229 g/mol. The van der Waals surface area contributed by atoms with E-state index in [9.17, 15) is 4.39 Å². The zero-order chi connectivity index (χ0) is 11.9. The molecule has 1 aliphatic rings. The summed E-state index contributed by atoms with van der Waals surface area (Å²) < 4.78 is 16.2. The topological polar surface area (TPSA) is 43.8 Å². The number of aryl methyl sites for hydroxylation is 2. The largest absolute Gasteiger partial charge is 0.328 e. The third-order valence-electron chi connectivity index (χ3n) is 3.37. The highest BCUT2D eigenvalue weighted by molar-refractivity contribution is 6.31. The lowest BCUT2D eigenvalue weighted by Crippen LogP contribution is -2.38. The van der Waals surface area contributed by atoms with Gasteiger partial charge in [-0.05, 0) is 25.7 Å². The maximum Gasteiger partial charge on any atom is 0.131 e. The van der Waals surface area contributed by atoms with Gasteiger partial charge in [0.15, 0.2) is 0 Å². The van der Waals surface area contributed by atoms with Crippen LogP contribution in [0.2, 0.25) is 5.02 Å². The molecule has 90 valence electrons. The average Bonchev–Trinajstić information content (AvgIpc) is 3.05. The van der Waals surface area contributed by atoms with Crippen molar-refractivity contribution in [3.8, 4) is 0 Å². The van der Waals surface area contributed by atoms with E-state index in [0.717, 1.165) is 24.2 Å². The fraction of sp³-hybridized carbons (Fsp3) is 0.727.